The molecule has 1 saturated carbocycles. The van der Waals surface area contributed by atoms with Gasteiger partial charge in [-0.15, -0.1) is 0 Å². The highest BCUT2D eigenvalue weighted by Gasteiger charge is 2.51. The minimum absolute atomic E-state index is 0.623. The standard InChI is InChI=1S/C16H33NO2Si/c1-5-6-13-20(18-3,19-4)17-14(2)11-12-15-9-7-8-10-16(15)17/h14-16H,5-13H2,1-4H3. The van der Waals surface area contributed by atoms with Crippen LogP contribution in [0.4, 0.5) is 0 Å². The second kappa shape index (κ2) is 7.39. The summed E-state index contributed by atoms with van der Waals surface area (Å²) in [5.41, 5.74) is 0. The van der Waals surface area contributed by atoms with Crippen molar-refractivity contribution in [1.82, 2.24) is 4.57 Å². The zero-order chi connectivity index (χ0) is 14.6. The van der Waals surface area contributed by atoms with Crippen molar-refractivity contribution >= 4 is 8.72 Å². The predicted octanol–water partition coefficient (Wildman–Crippen LogP) is 4.06. The number of unbranched alkanes of at least 4 members (excludes halogenated alkanes) is 1. The quantitative estimate of drug-likeness (QED) is 0.690. The topological polar surface area (TPSA) is 21.7 Å². The highest BCUT2D eigenvalue weighted by Crippen LogP contribution is 2.41. The largest absolute Gasteiger partial charge is 0.427 e. The first-order valence-corrected chi connectivity index (χ1v) is 10.5. The molecule has 3 nitrogen and oxygen atoms in total. The molecule has 1 heterocycles. The van der Waals surface area contributed by atoms with E-state index in [1.165, 1.54) is 51.4 Å². The van der Waals surface area contributed by atoms with E-state index in [9.17, 15) is 0 Å². The molecule has 3 unspecified atom stereocenters. The van der Waals surface area contributed by atoms with Gasteiger partial charge < -0.3 is 8.85 Å². The van der Waals surface area contributed by atoms with Gasteiger partial charge in [-0.3, -0.25) is 4.57 Å². The molecule has 0 N–H and O–H groups in total. The second-order valence-electron chi connectivity index (χ2n) is 6.67. The van der Waals surface area contributed by atoms with E-state index in [0.29, 0.717) is 6.04 Å². The molecule has 3 atom stereocenters. The molecule has 20 heavy (non-hydrogen) atoms. The van der Waals surface area contributed by atoms with Crippen LogP contribution in [0.2, 0.25) is 6.04 Å². The minimum atomic E-state index is -2.20. The van der Waals surface area contributed by atoms with Gasteiger partial charge in [-0.2, -0.15) is 0 Å². The van der Waals surface area contributed by atoms with Crippen LogP contribution in [0, 0.1) is 5.92 Å². The van der Waals surface area contributed by atoms with Crippen molar-refractivity contribution in [3.05, 3.63) is 0 Å². The van der Waals surface area contributed by atoms with E-state index in [2.05, 4.69) is 18.4 Å². The van der Waals surface area contributed by atoms with Crippen molar-refractivity contribution in [1.29, 1.82) is 0 Å². The summed E-state index contributed by atoms with van der Waals surface area (Å²) in [6.45, 7) is 4.64. The van der Waals surface area contributed by atoms with E-state index in [1.54, 1.807) is 0 Å². The van der Waals surface area contributed by atoms with Crippen LogP contribution in [0.25, 0.3) is 0 Å². The normalized spacial score (nSPS) is 32.1. The van der Waals surface area contributed by atoms with Gasteiger partial charge in [-0.25, -0.2) is 0 Å². The van der Waals surface area contributed by atoms with Crippen molar-refractivity contribution < 1.29 is 8.85 Å². The van der Waals surface area contributed by atoms with Crippen LogP contribution in [-0.2, 0) is 8.85 Å². The lowest BCUT2D eigenvalue weighted by molar-refractivity contribution is 0.0291. The Balaban J connectivity index is 2.22. The van der Waals surface area contributed by atoms with Gasteiger partial charge in [-0.1, -0.05) is 32.6 Å². The Morgan fingerprint density at radius 1 is 1.05 bits per heavy atom. The molecular weight excluding hydrogens is 266 g/mol. The van der Waals surface area contributed by atoms with Crippen molar-refractivity contribution in [3.8, 4) is 0 Å². The van der Waals surface area contributed by atoms with Crippen molar-refractivity contribution in [2.24, 2.45) is 5.92 Å². The maximum absolute atomic E-state index is 6.09. The van der Waals surface area contributed by atoms with E-state index in [4.69, 9.17) is 8.85 Å². The molecule has 1 saturated heterocycles. The molecular formula is C16H33NO2Si. The highest BCUT2D eigenvalue weighted by atomic mass is 28.4. The van der Waals surface area contributed by atoms with Crippen LogP contribution in [0.15, 0.2) is 0 Å². The molecule has 2 fully saturated rings. The summed E-state index contributed by atoms with van der Waals surface area (Å²) in [4.78, 5) is 0. The Kier molecular flexibility index (Phi) is 6.08. The van der Waals surface area contributed by atoms with Crippen LogP contribution < -0.4 is 0 Å². The number of fused-ring (bicyclic) bond motifs is 1. The highest BCUT2D eigenvalue weighted by molar-refractivity contribution is 6.64. The van der Waals surface area contributed by atoms with Gasteiger partial charge >= 0.3 is 8.72 Å². The number of nitrogens with zero attached hydrogens (tertiary/aromatic N) is 1. The fourth-order valence-corrected chi connectivity index (χ4v) is 8.13. The van der Waals surface area contributed by atoms with Crippen LogP contribution in [-0.4, -0.2) is 39.6 Å². The van der Waals surface area contributed by atoms with E-state index in [1.807, 2.05) is 14.2 Å². The molecule has 0 aromatic rings. The Morgan fingerprint density at radius 2 is 1.75 bits per heavy atom. The number of rotatable bonds is 6. The van der Waals surface area contributed by atoms with Gasteiger partial charge in [0.1, 0.15) is 0 Å². The molecule has 0 aromatic heterocycles. The van der Waals surface area contributed by atoms with E-state index >= 15 is 0 Å². The average molecular weight is 300 g/mol. The molecule has 0 aromatic carbocycles. The lowest BCUT2D eigenvalue weighted by Gasteiger charge is -2.53. The van der Waals surface area contributed by atoms with Crippen molar-refractivity contribution in [3.63, 3.8) is 0 Å². The summed E-state index contributed by atoms with van der Waals surface area (Å²) in [5.74, 6) is 0.888. The maximum Gasteiger partial charge on any atom is 0.427 e. The van der Waals surface area contributed by atoms with Gasteiger partial charge in [0.25, 0.3) is 0 Å². The first kappa shape index (κ1) is 16.5. The maximum atomic E-state index is 6.09. The minimum Gasteiger partial charge on any atom is -0.386 e. The van der Waals surface area contributed by atoms with Crippen LogP contribution in [0.3, 0.4) is 0 Å². The smallest absolute Gasteiger partial charge is 0.386 e. The third kappa shape index (κ3) is 3.13. The third-order valence-corrected chi connectivity index (χ3v) is 9.35. The van der Waals surface area contributed by atoms with Crippen molar-refractivity contribution in [2.45, 2.75) is 83.3 Å². The molecule has 0 radical (unpaired) electrons. The Bertz CT molecular complexity index is 296. The summed E-state index contributed by atoms with van der Waals surface area (Å²) in [6.07, 6.45) is 10.7. The van der Waals surface area contributed by atoms with Gasteiger partial charge in [-0.05, 0) is 38.5 Å². The van der Waals surface area contributed by atoms with Crippen LogP contribution in [0.5, 0.6) is 0 Å². The summed E-state index contributed by atoms with van der Waals surface area (Å²) >= 11 is 0. The molecule has 118 valence electrons. The van der Waals surface area contributed by atoms with Crippen LogP contribution in [0.1, 0.15) is 65.2 Å². The first-order valence-electron chi connectivity index (χ1n) is 8.57. The lowest BCUT2D eigenvalue weighted by atomic mass is 9.78. The summed E-state index contributed by atoms with van der Waals surface area (Å²) in [7, 11) is 1.56. The van der Waals surface area contributed by atoms with Gasteiger partial charge in [0.05, 0.1) is 0 Å². The van der Waals surface area contributed by atoms with E-state index in [0.717, 1.165) is 18.0 Å². The van der Waals surface area contributed by atoms with Gasteiger partial charge in [0, 0.05) is 32.3 Å². The molecule has 1 aliphatic carbocycles. The summed E-state index contributed by atoms with van der Waals surface area (Å²) in [5, 5.41) is 0. The van der Waals surface area contributed by atoms with Crippen molar-refractivity contribution in [2.75, 3.05) is 14.2 Å². The third-order valence-electron chi connectivity index (χ3n) is 5.53. The molecule has 0 amide bonds. The summed E-state index contributed by atoms with van der Waals surface area (Å²) < 4.78 is 14.9. The molecule has 4 heteroatoms. The molecule has 2 rings (SSSR count). The second-order valence-corrected chi connectivity index (χ2v) is 9.93. The number of hydrogen-bond acceptors (Lipinski definition) is 3. The summed E-state index contributed by atoms with van der Waals surface area (Å²) in [6, 6.07) is 2.46. The monoisotopic (exact) mass is 299 g/mol. The fraction of sp³-hybridized carbons (Fsp3) is 1.00. The lowest BCUT2D eigenvalue weighted by Crippen LogP contribution is -2.67. The molecule has 2 aliphatic rings. The van der Waals surface area contributed by atoms with E-state index in [-0.39, 0.29) is 0 Å². The average Bonchev–Trinajstić information content (AvgIpc) is 2.50. The Morgan fingerprint density at radius 3 is 2.40 bits per heavy atom. The Hall–Kier alpha value is 0.0969. The molecule has 0 spiro atoms. The molecule has 0 bridgehead atoms. The van der Waals surface area contributed by atoms with Crippen LogP contribution >= 0.6 is 0 Å². The Labute approximate surface area is 126 Å². The van der Waals surface area contributed by atoms with Gasteiger partial charge in [0.15, 0.2) is 0 Å². The van der Waals surface area contributed by atoms with Gasteiger partial charge in [0.2, 0.25) is 0 Å². The molecule has 1 aliphatic heterocycles. The number of piperidine rings is 1. The predicted molar refractivity (Wildman–Crippen MR) is 85.8 cm³/mol. The first-order chi connectivity index (χ1) is 9.68. The SMILES string of the molecule is CCCC[Si](OC)(OC)N1C(C)CCC2CCCCC21. The number of hydrogen-bond donors (Lipinski definition) is 0. The zero-order valence-corrected chi connectivity index (χ0v) is 14.9. The van der Waals surface area contributed by atoms with E-state index < -0.39 is 8.72 Å². The zero-order valence-electron chi connectivity index (χ0n) is 13.9. The fourth-order valence-electron chi connectivity index (χ4n) is 4.43.